The van der Waals surface area contributed by atoms with Crippen molar-refractivity contribution in [3.05, 3.63) is 59.5 Å². The molecule has 0 bridgehead atoms. The van der Waals surface area contributed by atoms with E-state index in [4.69, 9.17) is 0 Å². The van der Waals surface area contributed by atoms with E-state index in [0.717, 1.165) is 30.7 Å². The number of hydrogen-bond acceptors (Lipinski definition) is 8. The van der Waals surface area contributed by atoms with Gasteiger partial charge in [-0.05, 0) is 69.4 Å². The number of amides is 1. The highest BCUT2D eigenvalue weighted by atomic mass is 19.4. The maximum atomic E-state index is 12.4. The number of halogens is 3. The van der Waals surface area contributed by atoms with Crippen molar-refractivity contribution in [3.63, 3.8) is 0 Å². The van der Waals surface area contributed by atoms with E-state index in [0.29, 0.717) is 24.9 Å². The number of carbonyl (C=O) groups excluding carboxylic acids is 2. The number of rotatable bonds is 13. The van der Waals surface area contributed by atoms with E-state index in [1.807, 2.05) is 0 Å². The Morgan fingerprint density at radius 2 is 1.87 bits per heavy atom. The predicted octanol–water partition coefficient (Wildman–Crippen LogP) is 3.90. The molecule has 0 aliphatic carbocycles. The monoisotopic (exact) mass is 534 g/mol. The Bertz CT molecular complexity index is 1220. The number of ketones is 1. The molecule has 38 heavy (non-hydrogen) atoms. The van der Waals surface area contributed by atoms with Crippen molar-refractivity contribution >= 4 is 17.5 Å². The first-order valence-corrected chi connectivity index (χ1v) is 12.0. The number of ether oxygens (including phenoxy) is 1. The van der Waals surface area contributed by atoms with Crippen molar-refractivity contribution in [1.82, 2.24) is 25.2 Å². The second-order valence-corrected chi connectivity index (χ2v) is 9.39. The van der Waals surface area contributed by atoms with Crippen LogP contribution in [0.1, 0.15) is 61.3 Å². The SMILES string of the molecule is CC(C)(O)CCC(=O)c1cn(CCCCc2ccc(NC(=O)Cc3cccc(OC(F)(F)F)c3)nn2)nn1. The Kier molecular flexibility index (Phi) is 9.50. The smallest absolute Gasteiger partial charge is 0.406 e. The minimum atomic E-state index is -4.81. The molecule has 2 heterocycles. The van der Waals surface area contributed by atoms with Crippen LogP contribution in [0.25, 0.3) is 0 Å². The second kappa shape index (κ2) is 12.6. The van der Waals surface area contributed by atoms with Gasteiger partial charge in [-0.25, -0.2) is 0 Å². The fourth-order valence-electron chi connectivity index (χ4n) is 3.45. The van der Waals surface area contributed by atoms with Gasteiger partial charge in [0.05, 0.1) is 23.9 Å². The first-order chi connectivity index (χ1) is 17.9. The minimum Gasteiger partial charge on any atom is -0.406 e. The number of nitrogens with zero attached hydrogens (tertiary/aromatic N) is 5. The molecule has 0 saturated heterocycles. The molecule has 1 amide bonds. The van der Waals surface area contributed by atoms with Gasteiger partial charge >= 0.3 is 6.36 Å². The molecule has 0 aliphatic rings. The van der Waals surface area contributed by atoms with Gasteiger partial charge < -0.3 is 15.2 Å². The van der Waals surface area contributed by atoms with Gasteiger partial charge in [0.1, 0.15) is 11.4 Å². The Balaban J connectivity index is 1.39. The number of alkyl halides is 3. The van der Waals surface area contributed by atoms with Gasteiger partial charge in [-0.1, -0.05) is 17.3 Å². The fraction of sp³-hybridized carbons (Fsp3) is 0.440. The summed E-state index contributed by atoms with van der Waals surface area (Å²) in [5.74, 6) is -0.788. The molecule has 10 nitrogen and oxygen atoms in total. The molecule has 0 unspecified atom stereocenters. The Morgan fingerprint density at radius 1 is 1.08 bits per heavy atom. The third-order valence-corrected chi connectivity index (χ3v) is 5.34. The van der Waals surface area contributed by atoms with Crippen LogP contribution in [-0.2, 0) is 24.2 Å². The molecular formula is C25H29F3N6O4. The lowest BCUT2D eigenvalue weighted by atomic mass is 10.0. The Labute approximate surface area is 217 Å². The van der Waals surface area contributed by atoms with E-state index in [-0.39, 0.29) is 30.1 Å². The van der Waals surface area contributed by atoms with E-state index < -0.39 is 23.6 Å². The molecule has 0 radical (unpaired) electrons. The number of aryl methyl sites for hydroxylation is 2. The summed E-state index contributed by atoms with van der Waals surface area (Å²) >= 11 is 0. The molecule has 0 aliphatic heterocycles. The van der Waals surface area contributed by atoms with Crippen molar-refractivity contribution < 1.29 is 32.6 Å². The summed E-state index contributed by atoms with van der Waals surface area (Å²) in [6.07, 6.45) is -0.650. The lowest BCUT2D eigenvalue weighted by Gasteiger charge is -2.15. The van der Waals surface area contributed by atoms with E-state index in [9.17, 15) is 27.9 Å². The highest BCUT2D eigenvalue weighted by Crippen LogP contribution is 2.23. The zero-order chi connectivity index (χ0) is 27.8. The highest BCUT2D eigenvalue weighted by molar-refractivity contribution is 5.93. The van der Waals surface area contributed by atoms with E-state index in [2.05, 4.69) is 30.6 Å². The summed E-state index contributed by atoms with van der Waals surface area (Å²) in [6, 6.07) is 8.54. The van der Waals surface area contributed by atoms with Crippen LogP contribution in [-0.4, -0.2) is 54.0 Å². The summed E-state index contributed by atoms with van der Waals surface area (Å²) in [4.78, 5) is 24.4. The van der Waals surface area contributed by atoms with Gasteiger partial charge in [0.15, 0.2) is 11.6 Å². The largest absolute Gasteiger partial charge is 0.573 e. The van der Waals surface area contributed by atoms with Crippen molar-refractivity contribution in [1.29, 1.82) is 0 Å². The average molecular weight is 535 g/mol. The standard InChI is InChI=1S/C25H29F3N6O4/c1-24(2,37)12-11-21(35)20-16-34(33-31-20)13-4-3-7-18-9-10-22(32-30-18)29-23(36)15-17-6-5-8-19(14-17)38-25(26,27)28/h5-6,8-10,14,16,37H,3-4,7,11-13,15H2,1-2H3,(H,29,32,36). The number of benzene rings is 1. The maximum absolute atomic E-state index is 12.4. The maximum Gasteiger partial charge on any atom is 0.573 e. The van der Waals surface area contributed by atoms with Crippen molar-refractivity contribution in [3.8, 4) is 5.75 Å². The van der Waals surface area contributed by atoms with Gasteiger partial charge in [-0.2, -0.15) is 5.10 Å². The summed E-state index contributed by atoms with van der Waals surface area (Å²) in [7, 11) is 0. The summed E-state index contributed by atoms with van der Waals surface area (Å²) in [6.45, 7) is 3.87. The van der Waals surface area contributed by atoms with Gasteiger partial charge in [0, 0.05) is 13.0 Å². The van der Waals surface area contributed by atoms with Crippen LogP contribution in [0.5, 0.6) is 5.75 Å². The van der Waals surface area contributed by atoms with Crippen molar-refractivity contribution in [2.75, 3.05) is 5.32 Å². The zero-order valence-corrected chi connectivity index (χ0v) is 21.0. The van der Waals surface area contributed by atoms with Crippen molar-refractivity contribution in [2.45, 2.75) is 70.9 Å². The number of nitrogens with one attached hydrogen (secondary N) is 1. The predicted molar refractivity (Wildman–Crippen MR) is 130 cm³/mol. The number of aromatic nitrogens is 5. The van der Waals surface area contributed by atoms with E-state index in [1.54, 1.807) is 36.9 Å². The van der Waals surface area contributed by atoms with Crippen LogP contribution in [0.3, 0.4) is 0 Å². The number of hydrogen-bond donors (Lipinski definition) is 2. The quantitative estimate of drug-likeness (QED) is 0.249. The zero-order valence-electron chi connectivity index (χ0n) is 21.0. The van der Waals surface area contributed by atoms with Gasteiger partial charge in [-0.3, -0.25) is 14.3 Å². The molecule has 0 saturated carbocycles. The number of aliphatic hydroxyl groups is 1. The summed E-state index contributed by atoms with van der Waals surface area (Å²) in [5, 5.41) is 28.3. The van der Waals surface area contributed by atoms with Gasteiger partial charge in [-0.15, -0.1) is 23.4 Å². The number of unbranched alkanes of at least 4 members (excludes halogenated alkanes) is 1. The fourth-order valence-corrected chi connectivity index (χ4v) is 3.45. The Morgan fingerprint density at radius 3 is 2.55 bits per heavy atom. The molecule has 0 fully saturated rings. The van der Waals surface area contributed by atoms with Crippen molar-refractivity contribution in [2.24, 2.45) is 0 Å². The van der Waals surface area contributed by atoms with Crippen LogP contribution in [0.2, 0.25) is 0 Å². The summed E-state index contributed by atoms with van der Waals surface area (Å²) in [5.41, 5.74) is 0.441. The van der Waals surface area contributed by atoms with Crippen LogP contribution in [0.4, 0.5) is 19.0 Å². The first kappa shape index (κ1) is 28.7. The molecule has 2 aromatic heterocycles. The van der Waals surface area contributed by atoms with E-state index >= 15 is 0 Å². The molecule has 3 aromatic rings. The van der Waals surface area contributed by atoms with E-state index in [1.165, 1.54) is 12.1 Å². The highest BCUT2D eigenvalue weighted by Gasteiger charge is 2.31. The van der Waals surface area contributed by atoms with Crippen LogP contribution < -0.4 is 10.1 Å². The molecule has 13 heteroatoms. The topological polar surface area (TPSA) is 132 Å². The number of carbonyl (C=O) groups is 2. The lowest BCUT2D eigenvalue weighted by Crippen LogP contribution is -2.20. The molecule has 3 rings (SSSR count). The second-order valence-electron chi connectivity index (χ2n) is 9.39. The van der Waals surface area contributed by atoms with Gasteiger partial charge in [0.2, 0.25) is 5.91 Å². The normalized spacial score (nSPS) is 11.8. The molecule has 2 N–H and O–H groups in total. The Hall–Kier alpha value is -3.87. The molecule has 204 valence electrons. The molecular weight excluding hydrogens is 505 g/mol. The third-order valence-electron chi connectivity index (χ3n) is 5.34. The minimum absolute atomic E-state index is 0.159. The van der Waals surface area contributed by atoms with Crippen LogP contribution in [0, 0.1) is 0 Å². The molecule has 1 aromatic carbocycles. The summed E-state index contributed by atoms with van der Waals surface area (Å²) < 4.78 is 42.6. The average Bonchev–Trinajstić information content (AvgIpc) is 3.29. The first-order valence-electron chi connectivity index (χ1n) is 12.0. The molecule has 0 spiro atoms. The van der Waals surface area contributed by atoms with Crippen LogP contribution >= 0.6 is 0 Å². The number of Topliss-reactive ketones (excluding diaryl/α,β-unsaturated/α-hetero) is 1. The molecule has 0 atom stereocenters. The van der Waals surface area contributed by atoms with Gasteiger partial charge in [0.25, 0.3) is 0 Å². The van der Waals surface area contributed by atoms with Crippen LogP contribution in [0.15, 0.2) is 42.6 Å². The third kappa shape index (κ3) is 10.2. The number of anilines is 1. The lowest BCUT2D eigenvalue weighted by molar-refractivity contribution is -0.274.